The maximum Gasteiger partial charge on any atom is 0.328 e. The molecule has 0 spiro atoms. The van der Waals surface area contributed by atoms with Gasteiger partial charge in [-0.25, -0.2) is 4.79 Å². The number of nitrogens with one attached hydrogen (secondary N) is 2. The minimum absolute atomic E-state index is 0.00103. The van der Waals surface area contributed by atoms with Crippen LogP contribution in [0.5, 0.6) is 0 Å². The van der Waals surface area contributed by atoms with Crippen LogP contribution in [0.25, 0.3) is 10.9 Å². The molecule has 1 saturated heterocycles. The summed E-state index contributed by atoms with van der Waals surface area (Å²) in [6.45, 7) is 1.02. The third-order valence-electron chi connectivity index (χ3n) is 4.37. The Kier molecular flexibility index (Phi) is 5.82. The van der Waals surface area contributed by atoms with Crippen molar-refractivity contribution in [3.63, 3.8) is 0 Å². The van der Waals surface area contributed by atoms with Gasteiger partial charge in [0.05, 0.1) is 7.11 Å². The van der Waals surface area contributed by atoms with Crippen LogP contribution in [-0.4, -0.2) is 59.0 Å². The van der Waals surface area contributed by atoms with E-state index < -0.39 is 12.0 Å². The molecule has 7 nitrogen and oxygen atoms in total. The monoisotopic (exact) mass is 375 g/mol. The molecule has 1 fully saturated rings. The summed E-state index contributed by atoms with van der Waals surface area (Å²) in [6.07, 6.45) is 2.33. The Hall–Kier alpha value is -2.48. The molecule has 2 N–H and O–H groups in total. The van der Waals surface area contributed by atoms with E-state index in [0.29, 0.717) is 19.5 Å². The second-order valence-electron chi connectivity index (χ2n) is 6.06. The number of aromatic nitrogens is 1. The zero-order valence-electron chi connectivity index (χ0n) is 14.5. The van der Waals surface area contributed by atoms with Crippen molar-refractivity contribution in [2.75, 3.05) is 26.0 Å². The molecule has 1 atom stereocenters. The number of ether oxygens (including phenoxy) is 1. The van der Waals surface area contributed by atoms with Crippen molar-refractivity contribution < 1.29 is 19.1 Å². The predicted octanol–water partition coefficient (Wildman–Crippen LogP) is 1.93. The van der Waals surface area contributed by atoms with Crippen LogP contribution < -0.4 is 5.32 Å². The van der Waals surface area contributed by atoms with Gasteiger partial charge in [0.1, 0.15) is 6.04 Å². The lowest BCUT2D eigenvalue weighted by Crippen LogP contribution is -2.44. The van der Waals surface area contributed by atoms with Crippen molar-refractivity contribution in [1.82, 2.24) is 15.2 Å². The number of methoxy groups -OCH3 is 1. The van der Waals surface area contributed by atoms with E-state index in [4.69, 9.17) is 4.74 Å². The summed E-state index contributed by atoms with van der Waals surface area (Å²) in [5.41, 5.74) is 1.91. The second-order valence-corrected chi connectivity index (χ2v) is 7.10. The molecule has 0 bridgehead atoms. The number of para-hydroxylation sites is 1. The average molecular weight is 375 g/mol. The number of H-pyrrole nitrogens is 1. The molecule has 0 radical (unpaired) electrons. The molecule has 0 saturated carbocycles. The number of amides is 2. The van der Waals surface area contributed by atoms with Crippen LogP contribution in [0.4, 0.5) is 4.79 Å². The number of esters is 1. The van der Waals surface area contributed by atoms with E-state index in [-0.39, 0.29) is 17.6 Å². The Morgan fingerprint density at radius 1 is 1.38 bits per heavy atom. The van der Waals surface area contributed by atoms with Crippen molar-refractivity contribution >= 4 is 39.8 Å². The van der Waals surface area contributed by atoms with Gasteiger partial charge < -0.3 is 19.9 Å². The molecule has 1 aliphatic rings. The quantitative estimate of drug-likeness (QED) is 0.722. The van der Waals surface area contributed by atoms with Gasteiger partial charge in [-0.05, 0) is 11.6 Å². The van der Waals surface area contributed by atoms with E-state index in [1.807, 2.05) is 30.5 Å². The third kappa shape index (κ3) is 4.19. The van der Waals surface area contributed by atoms with Crippen LogP contribution in [0.3, 0.4) is 0 Å². The van der Waals surface area contributed by atoms with E-state index in [0.717, 1.165) is 22.2 Å². The Bertz CT molecular complexity index is 820. The number of fused-ring (bicyclic) bond motifs is 1. The minimum Gasteiger partial charge on any atom is -0.467 e. The van der Waals surface area contributed by atoms with Crippen LogP contribution in [0.2, 0.25) is 0 Å². The average Bonchev–Trinajstić information content (AvgIpc) is 3.25. The molecule has 138 valence electrons. The Labute approximate surface area is 155 Å². The Balaban J connectivity index is 1.63. The second kappa shape index (κ2) is 8.27. The minimum atomic E-state index is -0.768. The molecular formula is C18H21N3O4S. The van der Waals surface area contributed by atoms with E-state index in [1.165, 1.54) is 18.9 Å². The highest BCUT2D eigenvalue weighted by molar-refractivity contribution is 8.13. The van der Waals surface area contributed by atoms with Crippen molar-refractivity contribution in [3.8, 4) is 0 Å². The Morgan fingerprint density at radius 3 is 2.92 bits per heavy atom. The molecule has 1 aromatic carbocycles. The number of rotatable bonds is 7. The number of carbonyl (C=O) groups is 3. The standard InChI is InChI=1S/C18H21N3O4S/c1-25-17(23)15(10-12-11-19-14-5-3-2-4-13(12)14)20-16(22)6-7-21-8-9-26-18(21)24/h2-5,11,15,19H,6-10H2,1H3,(H,20,22)/t15-/m1/s1. The summed E-state index contributed by atoms with van der Waals surface area (Å²) in [4.78, 5) is 40.8. The van der Waals surface area contributed by atoms with Crippen LogP contribution >= 0.6 is 11.8 Å². The third-order valence-corrected chi connectivity index (χ3v) is 5.27. The molecule has 0 unspecified atom stereocenters. The van der Waals surface area contributed by atoms with Gasteiger partial charge >= 0.3 is 5.97 Å². The SMILES string of the molecule is COC(=O)[C@@H](Cc1c[nH]c2ccccc12)NC(=O)CCN1CCSC1=O. The van der Waals surface area contributed by atoms with Gasteiger partial charge in [-0.15, -0.1) is 0 Å². The molecule has 2 aromatic rings. The molecule has 2 amide bonds. The highest BCUT2D eigenvalue weighted by Crippen LogP contribution is 2.20. The van der Waals surface area contributed by atoms with Gasteiger partial charge in [0.15, 0.2) is 0 Å². The van der Waals surface area contributed by atoms with Gasteiger partial charge in [0, 0.05) is 48.8 Å². The molecule has 8 heteroatoms. The summed E-state index contributed by atoms with van der Waals surface area (Å²) in [6, 6.07) is 7.01. The van der Waals surface area contributed by atoms with Gasteiger partial charge in [0.25, 0.3) is 5.24 Å². The summed E-state index contributed by atoms with van der Waals surface area (Å²) < 4.78 is 4.84. The smallest absolute Gasteiger partial charge is 0.328 e. The number of aromatic amines is 1. The number of hydrogen-bond donors (Lipinski definition) is 2. The topological polar surface area (TPSA) is 91.5 Å². The first-order chi connectivity index (χ1) is 12.6. The number of benzene rings is 1. The number of hydrogen-bond acceptors (Lipinski definition) is 5. The first kappa shape index (κ1) is 18.3. The van der Waals surface area contributed by atoms with E-state index >= 15 is 0 Å². The van der Waals surface area contributed by atoms with E-state index in [1.54, 1.807) is 4.90 Å². The number of thioether (sulfide) groups is 1. The Morgan fingerprint density at radius 2 is 2.19 bits per heavy atom. The van der Waals surface area contributed by atoms with Crippen molar-refractivity contribution in [1.29, 1.82) is 0 Å². The fourth-order valence-electron chi connectivity index (χ4n) is 2.99. The molecular weight excluding hydrogens is 354 g/mol. The lowest BCUT2D eigenvalue weighted by atomic mass is 10.0. The van der Waals surface area contributed by atoms with Crippen LogP contribution in [0.1, 0.15) is 12.0 Å². The first-order valence-electron chi connectivity index (χ1n) is 8.42. The highest BCUT2D eigenvalue weighted by atomic mass is 32.2. The summed E-state index contributed by atoms with van der Waals surface area (Å²) in [5.74, 6) is -0.00686. The van der Waals surface area contributed by atoms with E-state index in [2.05, 4.69) is 10.3 Å². The van der Waals surface area contributed by atoms with Crippen molar-refractivity contribution in [2.45, 2.75) is 18.9 Å². The number of carbonyl (C=O) groups excluding carboxylic acids is 3. The molecule has 1 aromatic heterocycles. The molecule has 26 heavy (non-hydrogen) atoms. The maximum atomic E-state index is 12.3. The summed E-state index contributed by atoms with van der Waals surface area (Å²) in [5, 5.41) is 3.75. The number of nitrogens with zero attached hydrogens (tertiary/aromatic N) is 1. The highest BCUT2D eigenvalue weighted by Gasteiger charge is 2.25. The van der Waals surface area contributed by atoms with Crippen molar-refractivity contribution in [2.24, 2.45) is 0 Å². The first-order valence-corrected chi connectivity index (χ1v) is 9.41. The van der Waals surface area contributed by atoms with E-state index in [9.17, 15) is 14.4 Å². The zero-order valence-corrected chi connectivity index (χ0v) is 15.3. The van der Waals surface area contributed by atoms with Gasteiger partial charge in [-0.3, -0.25) is 9.59 Å². The lowest BCUT2D eigenvalue weighted by Gasteiger charge is -2.18. The maximum absolute atomic E-state index is 12.3. The van der Waals surface area contributed by atoms with Crippen molar-refractivity contribution in [3.05, 3.63) is 36.0 Å². The predicted molar refractivity (Wildman–Crippen MR) is 100.0 cm³/mol. The molecule has 1 aliphatic heterocycles. The van der Waals surface area contributed by atoms with Crippen LogP contribution in [0, 0.1) is 0 Å². The zero-order chi connectivity index (χ0) is 18.5. The molecule has 2 heterocycles. The molecule has 0 aliphatic carbocycles. The summed E-state index contributed by atoms with van der Waals surface area (Å²) in [7, 11) is 1.30. The van der Waals surface area contributed by atoms with Gasteiger partial charge in [-0.2, -0.15) is 0 Å². The molecule has 3 rings (SSSR count). The van der Waals surface area contributed by atoms with Crippen LogP contribution in [0.15, 0.2) is 30.5 Å². The lowest BCUT2D eigenvalue weighted by molar-refractivity contribution is -0.145. The van der Waals surface area contributed by atoms with Gasteiger partial charge in [0.2, 0.25) is 5.91 Å². The fraction of sp³-hybridized carbons (Fsp3) is 0.389. The van der Waals surface area contributed by atoms with Gasteiger partial charge in [-0.1, -0.05) is 30.0 Å². The van der Waals surface area contributed by atoms with Crippen LogP contribution in [-0.2, 0) is 20.7 Å². The summed E-state index contributed by atoms with van der Waals surface area (Å²) >= 11 is 1.26. The largest absolute Gasteiger partial charge is 0.467 e. The fourth-order valence-corrected chi connectivity index (χ4v) is 3.84. The normalized spacial score (nSPS) is 15.3.